The van der Waals surface area contributed by atoms with Gasteiger partial charge in [0.2, 0.25) is 5.01 Å². The zero-order chi connectivity index (χ0) is 18.7. The number of alkyl halides is 3. The summed E-state index contributed by atoms with van der Waals surface area (Å²) in [5, 5.41) is 15.0. The number of H-pyrrole nitrogens is 1. The Balaban J connectivity index is 1.85. The fourth-order valence-corrected chi connectivity index (χ4v) is 2.53. The van der Waals surface area contributed by atoms with E-state index in [0.29, 0.717) is 5.56 Å². The van der Waals surface area contributed by atoms with E-state index >= 15 is 0 Å². The number of nitrogens with zero attached hydrogens (tertiary/aromatic N) is 4. The van der Waals surface area contributed by atoms with Gasteiger partial charge in [0.25, 0.3) is 5.19 Å². The van der Waals surface area contributed by atoms with Crippen LogP contribution in [0, 0.1) is 0 Å². The van der Waals surface area contributed by atoms with Crippen LogP contribution < -0.4 is 4.74 Å². The van der Waals surface area contributed by atoms with Crippen LogP contribution >= 0.6 is 11.3 Å². The number of hydrogen-bond donors (Lipinski definition) is 1. The van der Waals surface area contributed by atoms with Crippen LogP contribution in [0.1, 0.15) is 22.4 Å². The van der Waals surface area contributed by atoms with E-state index in [2.05, 4.69) is 25.6 Å². The first-order chi connectivity index (χ1) is 12.4. The molecule has 3 aromatic rings. The summed E-state index contributed by atoms with van der Waals surface area (Å²) in [4.78, 5) is 11.9. The monoisotopic (exact) mass is 385 g/mol. The molecule has 0 amide bonds. The number of hydrogen-bond acceptors (Lipinski definition) is 8. The predicted molar refractivity (Wildman–Crippen MR) is 82.8 cm³/mol. The van der Waals surface area contributed by atoms with Crippen LogP contribution in [0.2, 0.25) is 0 Å². The van der Waals surface area contributed by atoms with Crippen molar-refractivity contribution in [2.24, 2.45) is 0 Å². The molecule has 8 nitrogen and oxygen atoms in total. The van der Waals surface area contributed by atoms with Crippen molar-refractivity contribution < 1.29 is 27.4 Å². The molecule has 3 rings (SSSR count). The fourth-order valence-electron chi connectivity index (χ4n) is 1.95. The summed E-state index contributed by atoms with van der Waals surface area (Å²) >= 11 is 0.275. The number of ether oxygens (including phenoxy) is 2. The first-order valence-corrected chi connectivity index (χ1v) is 7.97. The van der Waals surface area contributed by atoms with E-state index in [4.69, 9.17) is 9.47 Å². The van der Waals surface area contributed by atoms with Crippen molar-refractivity contribution in [1.82, 2.24) is 25.6 Å². The highest BCUT2D eigenvalue weighted by Crippen LogP contribution is 2.36. The second kappa shape index (κ2) is 7.07. The van der Waals surface area contributed by atoms with Crippen molar-refractivity contribution in [3.63, 3.8) is 0 Å². The molecular weight excluding hydrogens is 375 g/mol. The molecule has 0 aliphatic rings. The SMILES string of the molecule is CCOC(=O)c1n[nH]nc1-c1cccc(Oc2nnc(C(F)(F)F)s2)c1. The third-order valence-corrected chi connectivity index (χ3v) is 3.82. The first kappa shape index (κ1) is 17.8. The summed E-state index contributed by atoms with van der Waals surface area (Å²) in [7, 11) is 0. The molecule has 1 N–H and O–H groups in total. The van der Waals surface area contributed by atoms with E-state index in [1.165, 1.54) is 12.1 Å². The highest BCUT2D eigenvalue weighted by Gasteiger charge is 2.36. The lowest BCUT2D eigenvalue weighted by Crippen LogP contribution is -2.06. The van der Waals surface area contributed by atoms with Gasteiger partial charge in [0.1, 0.15) is 11.4 Å². The molecule has 0 fully saturated rings. The number of benzene rings is 1. The number of carbonyl (C=O) groups excluding carboxylic acids is 1. The third kappa shape index (κ3) is 3.79. The highest BCUT2D eigenvalue weighted by atomic mass is 32.1. The number of esters is 1. The molecule has 0 unspecified atom stereocenters. The number of rotatable bonds is 5. The fraction of sp³-hybridized carbons (Fsp3) is 0.214. The van der Waals surface area contributed by atoms with Gasteiger partial charge < -0.3 is 9.47 Å². The minimum atomic E-state index is -4.59. The van der Waals surface area contributed by atoms with Crippen LogP contribution in [0.5, 0.6) is 10.9 Å². The number of aromatic amines is 1. The molecule has 136 valence electrons. The van der Waals surface area contributed by atoms with E-state index in [1.54, 1.807) is 19.1 Å². The van der Waals surface area contributed by atoms with E-state index in [0.717, 1.165) is 0 Å². The zero-order valence-electron chi connectivity index (χ0n) is 13.1. The maximum absolute atomic E-state index is 12.6. The Morgan fingerprint density at radius 2 is 2.08 bits per heavy atom. The van der Waals surface area contributed by atoms with E-state index in [1.807, 2.05) is 0 Å². The Bertz CT molecular complexity index is 924. The molecule has 0 spiro atoms. The second-order valence-electron chi connectivity index (χ2n) is 4.74. The number of halogens is 3. The van der Waals surface area contributed by atoms with Gasteiger partial charge in [0.05, 0.1) is 6.61 Å². The largest absolute Gasteiger partial charge is 0.461 e. The molecule has 0 aliphatic heterocycles. The van der Waals surface area contributed by atoms with Crippen molar-refractivity contribution in [3.05, 3.63) is 35.0 Å². The molecule has 1 aromatic carbocycles. The lowest BCUT2D eigenvalue weighted by Gasteiger charge is -2.04. The minimum absolute atomic E-state index is 0.0146. The molecule has 2 heterocycles. The predicted octanol–water partition coefficient (Wildman–Crippen LogP) is 3.31. The molecule has 0 bridgehead atoms. The Kier molecular flexibility index (Phi) is 4.84. The summed E-state index contributed by atoms with van der Waals surface area (Å²) < 4.78 is 47.9. The molecular formula is C14H10F3N5O3S. The Morgan fingerprint density at radius 1 is 1.27 bits per heavy atom. The summed E-state index contributed by atoms with van der Waals surface area (Å²) in [6.45, 7) is 1.83. The summed E-state index contributed by atoms with van der Waals surface area (Å²) in [6, 6.07) is 6.21. The van der Waals surface area contributed by atoms with Crippen LogP contribution in [0.15, 0.2) is 24.3 Å². The van der Waals surface area contributed by atoms with Crippen molar-refractivity contribution in [1.29, 1.82) is 0 Å². The van der Waals surface area contributed by atoms with Gasteiger partial charge in [-0.05, 0) is 19.1 Å². The van der Waals surface area contributed by atoms with Gasteiger partial charge in [-0.15, -0.1) is 10.2 Å². The quantitative estimate of drug-likeness (QED) is 0.672. The zero-order valence-corrected chi connectivity index (χ0v) is 13.9. The maximum atomic E-state index is 12.6. The van der Waals surface area contributed by atoms with Gasteiger partial charge in [-0.1, -0.05) is 28.6 Å². The second-order valence-corrected chi connectivity index (χ2v) is 5.68. The maximum Gasteiger partial charge on any atom is 0.445 e. The van der Waals surface area contributed by atoms with Crippen molar-refractivity contribution in [2.45, 2.75) is 13.1 Å². The molecule has 0 saturated carbocycles. The molecule has 0 saturated heterocycles. The lowest BCUT2D eigenvalue weighted by molar-refractivity contribution is -0.138. The molecule has 0 atom stereocenters. The lowest BCUT2D eigenvalue weighted by atomic mass is 10.1. The Hall–Kier alpha value is -3.02. The summed E-state index contributed by atoms with van der Waals surface area (Å²) in [5.74, 6) is -0.452. The van der Waals surface area contributed by atoms with Crippen LogP contribution in [0.25, 0.3) is 11.3 Å². The first-order valence-electron chi connectivity index (χ1n) is 7.15. The van der Waals surface area contributed by atoms with Gasteiger partial charge in [0.15, 0.2) is 5.69 Å². The number of carbonyl (C=O) groups is 1. The topological polar surface area (TPSA) is 103 Å². The van der Waals surface area contributed by atoms with Crippen LogP contribution in [0.4, 0.5) is 13.2 Å². The van der Waals surface area contributed by atoms with Gasteiger partial charge >= 0.3 is 12.1 Å². The van der Waals surface area contributed by atoms with Crippen LogP contribution in [-0.4, -0.2) is 38.2 Å². The number of aromatic nitrogens is 5. The molecule has 0 aliphatic carbocycles. The molecule has 2 aromatic heterocycles. The average molecular weight is 385 g/mol. The van der Waals surface area contributed by atoms with E-state index in [9.17, 15) is 18.0 Å². The summed E-state index contributed by atoms with van der Waals surface area (Å²) in [5.41, 5.74) is 0.668. The standard InChI is InChI=1S/C14H10F3N5O3S/c1-2-24-11(23)10-9(18-22-19-10)7-4-3-5-8(6-7)25-13-21-20-12(26-13)14(15,16)17/h3-6H,2H2,1H3,(H,18,19,22). The molecule has 12 heteroatoms. The summed E-state index contributed by atoms with van der Waals surface area (Å²) in [6.07, 6.45) is -4.59. The van der Waals surface area contributed by atoms with Crippen molar-refractivity contribution in [2.75, 3.05) is 6.61 Å². The van der Waals surface area contributed by atoms with Crippen LogP contribution in [-0.2, 0) is 10.9 Å². The van der Waals surface area contributed by atoms with Crippen LogP contribution in [0.3, 0.4) is 0 Å². The molecule has 0 radical (unpaired) electrons. The Morgan fingerprint density at radius 3 is 2.77 bits per heavy atom. The van der Waals surface area contributed by atoms with E-state index in [-0.39, 0.29) is 40.3 Å². The van der Waals surface area contributed by atoms with Gasteiger partial charge in [-0.3, -0.25) is 0 Å². The number of nitrogens with one attached hydrogen (secondary N) is 1. The van der Waals surface area contributed by atoms with Crippen molar-refractivity contribution >= 4 is 17.3 Å². The molecule has 26 heavy (non-hydrogen) atoms. The normalized spacial score (nSPS) is 11.4. The average Bonchev–Trinajstić information content (AvgIpc) is 3.24. The smallest absolute Gasteiger partial charge is 0.445 e. The Labute approximate surface area is 148 Å². The minimum Gasteiger partial charge on any atom is -0.461 e. The van der Waals surface area contributed by atoms with Gasteiger partial charge in [-0.25, -0.2) is 4.79 Å². The van der Waals surface area contributed by atoms with Gasteiger partial charge in [-0.2, -0.15) is 23.5 Å². The van der Waals surface area contributed by atoms with Crippen molar-refractivity contribution in [3.8, 4) is 22.2 Å². The van der Waals surface area contributed by atoms with E-state index < -0.39 is 17.2 Å². The highest BCUT2D eigenvalue weighted by molar-refractivity contribution is 7.13. The third-order valence-electron chi connectivity index (χ3n) is 2.98. The van der Waals surface area contributed by atoms with Gasteiger partial charge in [0, 0.05) is 5.56 Å².